The Bertz CT molecular complexity index is 1160. The molecule has 2 N–H and O–H groups in total. The fourth-order valence-electron chi connectivity index (χ4n) is 3.66. The molecule has 1 atom stereocenters. The van der Waals surface area contributed by atoms with Crippen molar-refractivity contribution in [1.82, 2.24) is 19.7 Å². The summed E-state index contributed by atoms with van der Waals surface area (Å²) in [4.78, 5) is 9.40. The average Bonchev–Trinajstić information content (AvgIpc) is 3.22. The number of aryl methyl sites for hydroxylation is 1. The van der Waals surface area contributed by atoms with Gasteiger partial charge in [-0.3, -0.25) is 9.67 Å². The van der Waals surface area contributed by atoms with Crippen LogP contribution in [-0.2, 0) is 7.05 Å². The molecule has 0 bridgehead atoms. The van der Waals surface area contributed by atoms with Gasteiger partial charge in [-0.15, -0.1) is 12.4 Å². The Labute approximate surface area is 187 Å². The van der Waals surface area contributed by atoms with E-state index in [-0.39, 0.29) is 18.3 Å². The number of benzene rings is 2. The Balaban J connectivity index is 0.00000272. The summed E-state index contributed by atoms with van der Waals surface area (Å²) in [6, 6.07) is 12.1. The third-order valence-electron chi connectivity index (χ3n) is 5.20. The van der Waals surface area contributed by atoms with Gasteiger partial charge in [-0.1, -0.05) is 6.07 Å². The van der Waals surface area contributed by atoms with Crippen LogP contribution < -0.4 is 15.2 Å². The largest absolute Gasteiger partial charge is 0.497 e. The van der Waals surface area contributed by atoms with E-state index in [4.69, 9.17) is 20.2 Å². The van der Waals surface area contributed by atoms with Crippen molar-refractivity contribution in [2.45, 2.75) is 12.3 Å². The number of ether oxygens (including phenoxy) is 2. The number of hydrogen-bond donors (Lipinski definition) is 1. The maximum atomic E-state index is 5.96. The van der Waals surface area contributed by atoms with Crippen LogP contribution in [0.1, 0.15) is 23.5 Å². The van der Waals surface area contributed by atoms with Crippen LogP contribution in [0.3, 0.4) is 0 Å². The van der Waals surface area contributed by atoms with Crippen molar-refractivity contribution in [3.63, 3.8) is 0 Å². The normalized spacial score (nSPS) is 11.7. The second kappa shape index (κ2) is 9.76. The standard InChI is InChI=1S/C23H25N5O2.ClH/c1-28-14-17(12-26-28)23-13-25-21-5-4-15(10-22(21)27-23)20(6-7-24)16-8-18(29-2)11-19(9-16)30-3;/h4-5,8-14,20H,6-7,24H2,1-3H3;1H. The van der Waals surface area contributed by atoms with Crippen molar-refractivity contribution in [3.8, 4) is 22.8 Å². The highest BCUT2D eigenvalue weighted by molar-refractivity contribution is 5.85. The van der Waals surface area contributed by atoms with Crippen molar-refractivity contribution in [3.05, 3.63) is 66.1 Å². The first-order chi connectivity index (χ1) is 14.6. The third kappa shape index (κ3) is 4.78. The van der Waals surface area contributed by atoms with Gasteiger partial charge in [-0.05, 0) is 48.4 Å². The van der Waals surface area contributed by atoms with Crippen LogP contribution >= 0.6 is 12.4 Å². The molecule has 162 valence electrons. The van der Waals surface area contributed by atoms with Crippen LogP contribution in [-0.4, -0.2) is 40.5 Å². The van der Waals surface area contributed by atoms with Gasteiger partial charge in [0, 0.05) is 30.8 Å². The Morgan fingerprint density at radius 1 is 0.968 bits per heavy atom. The third-order valence-corrected chi connectivity index (χ3v) is 5.20. The fraction of sp³-hybridized carbons (Fsp3) is 0.261. The number of hydrogen-bond acceptors (Lipinski definition) is 6. The number of halogens is 1. The smallest absolute Gasteiger partial charge is 0.122 e. The minimum absolute atomic E-state index is 0. The van der Waals surface area contributed by atoms with Crippen LogP contribution in [0.5, 0.6) is 11.5 Å². The van der Waals surface area contributed by atoms with Crippen molar-refractivity contribution in [2.75, 3.05) is 20.8 Å². The number of nitrogens with two attached hydrogens (primary N) is 1. The summed E-state index contributed by atoms with van der Waals surface area (Å²) in [5.41, 5.74) is 11.6. The molecule has 2 aromatic carbocycles. The van der Waals surface area contributed by atoms with E-state index in [2.05, 4.69) is 22.2 Å². The van der Waals surface area contributed by atoms with Gasteiger partial charge in [0.1, 0.15) is 11.5 Å². The second-order valence-electron chi connectivity index (χ2n) is 7.18. The van der Waals surface area contributed by atoms with Gasteiger partial charge >= 0.3 is 0 Å². The molecule has 0 aliphatic heterocycles. The van der Waals surface area contributed by atoms with Crippen molar-refractivity contribution < 1.29 is 9.47 Å². The molecule has 0 fully saturated rings. The van der Waals surface area contributed by atoms with E-state index in [0.717, 1.165) is 51.3 Å². The lowest BCUT2D eigenvalue weighted by atomic mass is 9.88. The average molecular weight is 440 g/mol. The lowest BCUT2D eigenvalue weighted by molar-refractivity contribution is 0.393. The highest BCUT2D eigenvalue weighted by Crippen LogP contribution is 2.34. The van der Waals surface area contributed by atoms with Crippen LogP contribution in [0.2, 0.25) is 0 Å². The van der Waals surface area contributed by atoms with Crippen LogP contribution in [0, 0.1) is 0 Å². The summed E-state index contributed by atoms with van der Waals surface area (Å²) in [6.07, 6.45) is 6.29. The molecule has 31 heavy (non-hydrogen) atoms. The first kappa shape index (κ1) is 22.5. The maximum Gasteiger partial charge on any atom is 0.122 e. The fourth-order valence-corrected chi connectivity index (χ4v) is 3.66. The Morgan fingerprint density at radius 3 is 2.32 bits per heavy atom. The molecule has 2 aromatic heterocycles. The van der Waals surface area contributed by atoms with Gasteiger partial charge in [-0.2, -0.15) is 5.10 Å². The van der Waals surface area contributed by atoms with Gasteiger partial charge in [0.05, 0.1) is 43.3 Å². The van der Waals surface area contributed by atoms with Gasteiger partial charge in [0.15, 0.2) is 0 Å². The minimum atomic E-state index is 0. The van der Waals surface area contributed by atoms with Crippen molar-refractivity contribution in [2.24, 2.45) is 12.8 Å². The van der Waals surface area contributed by atoms with Crippen molar-refractivity contribution >= 4 is 23.4 Å². The zero-order valence-electron chi connectivity index (χ0n) is 17.8. The summed E-state index contributed by atoms with van der Waals surface area (Å²) < 4.78 is 12.7. The van der Waals surface area contributed by atoms with E-state index in [1.54, 1.807) is 31.3 Å². The highest BCUT2D eigenvalue weighted by atomic mass is 35.5. The molecular formula is C23H26ClN5O2. The molecule has 2 heterocycles. The number of rotatable bonds is 7. The summed E-state index contributed by atoms with van der Waals surface area (Å²) in [7, 11) is 5.19. The first-order valence-corrected chi connectivity index (χ1v) is 9.80. The van der Waals surface area contributed by atoms with E-state index in [1.807, 2.05) is 37.5 Å². The lowest BCUT2D eigenvalue weighted by Gasteiger charge is -2.19. The molecule has 0 aliphatic carbocycles. The van der Waals surface area contributed by atoms with E-state index < -0.39 is 0 Å². The van der Waals surface area contributed by atoms with E-state index in [0.29, 0.717) is 6.54 Å². The molecule has 8 heteroatoms. The molecule has 0 saturated heterocycles. The number of methoxy groups -OCH3 is 2. The van der Waals surface area contributed by atoms with Crippen LogP contribution in [0.15, 0.2) is 55.0 Å². The predicted octanol–water partition coefficient (Wildman–Crippen LogP) is 3.95. The zero-order valence-corrected chi connectivity index (χ0v) is 18.6. The highest BCUT2D eigenvalue weighted by Gasteiger charge is 2.17. The van der Waals surface area contributed by atoms with Gasteiger partial charge in [-0.25, -0.2) is 4.98 Å². The molecule has 1 unspecified atom stereocenters. The molecule has 7 nitrogen and oxygen atoms in total. The van der Waals surface area contributed by atoms with Crippen molar-refractivity contribution in [1.29, 1.82) is 0 Å². The summed E-state index contributed by atoms with van der Waals surface area (Å²) in [5.74, 6) is 1.60. The quantitative estimate of drug-likeness (QED) is 0.469. The summed E-state index contributed by atoms with van der Waals surface area (Å²) in [5, 5.41) is 4.23. The Morgan fingerprint density at radius 2 is 1.71 bits per heavy atom. The van der Waals surface area contributed by atoms with Gasteiger partial charge in [0.2, 0.25) is 0 Å². The SMILES string of the molecule is COc1cc(OC)cc(C(CCN)c2ccc3ncc(-c4cnn(C)c4)nc3c2)c1.Cl. The number of fused-ring (bicyclic) bond motifs is 1. The second-order valence-corrected chi connectivity index (χ2v) is 7.18. The Hall–Kier alpha value is -3.16. The molecule has 0 spiro atoms. The molecule has 0 amide bonds. The van der Waals surface area contributed by atoms with E-state index in [9.17, 15) is 0 Å². The minimum Gasteiger partial charge on any atom is -0.497 e. The zero-order chi connectivity index (χ0) is 21.1. The summed E-state index contributed by atoms with van der Waals surface area (Å²) >= 11 is 0. The monoisotopic (exact) mass is 439 g/mol. The number of nitrogens with zero attached hydrogens (tertiary/aromatic N) is 4. The lowest BCUT2D eigenvalue weighted by Crippen LogP contribution is -2.09. The molecule has 4 aromatic rings. The summed E-state index contributed by atoms with van der Waals surface area (Å²) in [6.45, 7) is 0.559. The molecule has 0 radical (unpaired) electrons. The maximum absolute atomic E-state index is 5.96. The molecule has 4 rings (SSSR count). The van der Waals surface area contributed by atoms with Gasteiger partial charge < -0.3 is 15.2 Å². The topological polar surface area (TPSA) is 88.1 Å². The van der Waals surface area contributed by atoms with Crippen LogP contribution in [0.25, 0.3) is 22.3 Å². The molecule has 0 aliphatic rings. The first-order valence-electron chi connectivity index (χ1n) is 9.80. The molecular weight excluding hydrogens is 414 g/mol. The van der Waals surface area contributed by atoms with E-state index in [1.165, 1.54) is 0 Å². The number of aromatic nitrogens is 4. The van der Waals surface area contributed by atoms with Gasteiger partial charge in [0.25, 0.3) is 0 Å². The predicted molar refractivity (Wildman–Crippen MR) is 124 cm³/mol. The Kier molecular flexibility index (Phi) is 7.09. The molecule has 0 saturated carbocycles. The van der Waals surface area contributed by atoms with Crippen LogP contribution in [0.4, 0.5) is 0 Å². The van der Waals surface area contributed by atoms with E-state index >= 15 is 0 Å².